The molecule has 1 N–H and O–H groups in total. The summed E-state index contributed by atoms with van der Waals surface area (Å²) in [5.74, 6) is 0.217. The molecule has 2 aliphatic rings. The third kappa shape index (κ3) is 3.03. The molecule has 6 heteroatoms. The smallest absolute Gasteiger partial charge is 0.303 e. The second-order valence-electron chi connectivity index (χ2n) is 6.31. The third-order valence-electron chi connectivity index (χ3n) is 4.88. The third-order valence-corrected chi connectivity index (χ3v) is 6.73. The summed E-state index contributed by atoms with van der Waals surface area (Å²) in [5, 5.41) is 8.68. The number of aryl methyl sites for hydroxylation is 1. The van der Waals surface area contributed by atoms with Crippen LogP contribution in [0.3, 0.4) is 0 Å². The highest BCUT2D eigenvalue weighted by atomic mass is 32.2. The average molecular weight is 323 g/mol. The lowest BCUT2D eigenvalue weighted by Crippen LogP contribution is -2.29. The van der Waals surface area contributed by atoms with E-state index >= 15 is 0 Å². The van der Waals surface area contributed by atoms with Gasteiger partial charge in [0, 0.05) is 19.5 Å². The topological polar surface area (TPSA) is 74.7 Å². The number of carbonyl (C=O) groups is 1. The van der Waals surface area contributed by atoms with Crippen molar-refractivity contribution in [3.8, 4) is 0 Å². The summed E-state index contributed by atoms with van der Waals surface area (Å²) in [6.07, 6.45) is 3.99. The minimum absolute atomic E-state index is 0.0571. The van der Waals surface area contributed by atoms with Crippen molar-refractivity contribution in [3.05, 3.63) is 29.8 Å². The molecule has 2 fully saturated rings. The SMILES string of the molecule is O=C(O)CCc1ccc(S(=O)(=O)N2C[C@@H]3CCC[C@H]3C2)cc1. The second-order valence-corrected chi connectivity index (χ2v) is 8.25. The highest BCUT2D eigenvalue weighted by molar-refractivity contribution is 7.89. The largest absolute Gasteiger partial charge is 0.481 e. The number of rotatable bonds is 5. The molecule has 120 valence electrons. The van der Waals surface area contributed by atoms with E-state index in [4.69, 9.17) is 5.11 Å². The summed E-state index contributed by atoms with van der Waals surface area (Å²) in [5.41, 5.74) is 0.847. The van der Waals surface area contributed by atoms with Crippen LogP contribution in [0.2, 0.25) is 0 Å². The molecule has 3 rings (SSSR count). The van der Waals surface area contributed by atoms with Crippen LogP contribution < -0.4 is 0 Å². The minimum atomic E-state index is -3.41. The molecule has 0 radical (unpaired) electrons. The van der Waals surface area contributed by atoms with Gasteiger partial charge in [0.2, 0.25) is 10.0 Å². The number of nitrogens with zero attached hydrogens (tertiary/aromatic N) is 1. The first-order chi connectivity index (χ1) is 10.5. The van der Waals surface area contributed by atoms with Gasteiger partial charge in [0.25, 0.3) is 0 Å². The molecule has 1 saturated carbocycles. The van der Waals surface area contributed by atoms with Gasteiger partial charge in [-0.3, -0.25) is 4.79 Å². The molecule has 2 atom stereocenters. The molecule has 1 aliphatic carbocycles. The lowest BCUT2D eigenvalue weighted by molar-refractivity contribution is -0.136. The molecular weight excluding hydrogens is 302 g/mol. The first-order valence-electron chi connectivity index (χ1n) is 7.78. The number of carboxylic acid groups (broad SMARTS) is 1. The monoisotopic (exact) mass is 323 g/mol. The highest BCUT2D eigenvalue weighted by Crippen LogP contribution is 2.39. The fraction of sp³-hybridized carbons (Fsp3) is 0.562. The predicted molar refractivity (Wildman–Crippen MR) is 82.0 cm³/mol. The van der Waals surface area contributed by atoms with Crippen molar-refractivity contribution < 1.29 is 18.3 Å². The Morgan fingerprint density at radius 1 is 1.14 bits per heavy atom. The quantitative estimate of drug-likeness (QED) is 0.901. The molecule has 1 aromatic rings. The zero-order valence-corrected chi connectivity index (χ0v) is 13.3. The van der Waals surface area contributed by atoms with Crippen LogP contribution in [0.1, 0.15) is 31.2 Å². The Balaban J connectivity index is 1.71. The standard InChI is InChI=1S/C16H21NO4S/c18-16(19)9-6-12-4-7-15(8-5-12)22(20,21)17-10-13-2-1-3-14(13)11-17/h4-5,7-8,13-14H,1-3,6,9-11H2,(H,18,19)/t13-,14-/m0/s1. The van der Waals surface area contributed by atoms with E-state index in [0.717, 1.165) is 18.4 Å². The van der Waals surface area contributed by atoms with Crippen molar-refractivity contribution in [1.29, 1.82) is 0 Å². The molecule has 1 heterocycles. The van der Waals surface area contributed by atoms with Crippen LogP contribution in [0.15, 0.2) is 29.2 Å². The van der Waals surface area contributed by atoms with Gasteiger partial charge >= 0.3 is 5.97 Å². The van der Waals surface area contributed by atoms with Crippen LogP contribution in [-0.2, 0) is 21.2 Å². The van der Waals surface area contributed by atoms with E-state index in [0.29, 0.717) is 36.2 Å². The van der Waals surface area contributed by atoms with Crippen LogP contribution in [-0.4, -0.2) is 36.9 Å². The first kappa shape index (κ1) is 15.5. The Kier molecular flexibility index (Phi) is 4.23. The summed E-state index contributed by atoms with van der Waals surface area (Å²) in [4.78, 5) is 10.9. The number of sulfonamides is 1. The fourth-order valence-electron chi connectivity index (χ4n) is 3.62. The molecule has 0 spiro atoms. The Morgan fingerprint density at radius 3 is 2.27 bits per heavy atom. The van der Waals surface area contributed by atoms with E-state index in [2.05, 4.69) is 0 Å². The van der Waals surface area contributed by atoms with E-state index in [1.54, 1.807) is 28.6 Å². The van der Waals surface area contributed by atoms with Crippen molar-refractivity contribution in [3.63, 3.8) is 0 Å². The number of carboxylic acids is 1. The van der Waals surface area contributed by atoms with Crippen molar-refractivity contribution in [2.45, 2.75) is 37.0 Å². The molecule has 1 saturated heterocycles. The second kappa shape index (κ2) is 6.01. The van der Waals surface area contributed by atoms with Gasteiger partial charge in [0.1, 0.15) is 0 Å². The maximum atomic E-state index is 12.7. The molecule has 0 unspecified atom stereocenters. The molecule has 22 heavy (non-hydrogen) atoms. The number of fused-ring (bicyclic) bond motifs is 1. The van der Waals surface area contributed by atoms with E-state index in [-0.39, 0.29) is 6.42 Å². The molecule has 0 bridgehead atoms. The molecule has 1 aromatic carbocycles. The molecule has 0 aromatic heterocycles. The number of benzene rings is 1. The van der Waals surface area contributed by atoms with Gasteiger partial charge < -0.3 is 5.11 Å². The van der Waals surface area contributed by atoms with E-state index in [1.165, 1.54) is 6.42 Å². The van der Waals surface area contributed by atoms with E-state index in [1.807, 2.05) is 0 Å². The summed E-state index contributed by atoms with van der Waals surface area (Å²) < 4.78 is 27.0. The maximum absolute atomic E-state index is 12.7. The highest BCUT2D eigenvalue weighted by Gasteiger charge is 2.41. The Hall–Kier alpha value is -1.40. The maximum Gasteiger partial charge on any atom is 0.303 e. The Bertz CT molecular complexity index is 641. The van der Waals surface area contributed by atoms with Crippen LogP contribution in [0, 0.1) is 11.8 Å². The number of hydrogen-bond acceptors (Lipinski definition) is 3. The van der Waals surface area contributed by atoms with Gasteiger partial charge in [0.15, 0.2) is 0 Å². The fourth-order valence-corrected chi connectivity index (χ4v) is 5.17. The van der Waals surface area contributed by atoms with Crippen molar-refractivity contribution in [2.24, 2.45) is 11.8 Å². The van der Waals surface area contributed by atoms with Crippen LogP contribution >= 0.6 is 0 Å². The lowest BCUT2D eigenvalue weighted by Gasteiger charge is -2.17. The van der Waals surface area contributed by atoms with Crippen molar-refractivity contribution in [1.82, 2.24) is 4.31 Å². The Morgan fingerprint density at radius 2 is 1.73 bits per heavy atom. The average Bonchev–Trinajstić information content (AvgIpc) is 3.07. The molecule has 1 aliphatic heterocycles. The van der Waals surface area contributed by atoms with E-state index in [9.17, 15) is 13.2 Å². The molecule has 0 amide bonds. The zero-order valence-electron chi connectivity index (χ0n) is 12.4. The van der Waals surface area contributed by atoms with Gasteiger partial charge in [-0.15, -0.1) is 0 Å². The summed E-state index contributed by atoms with van der Waals surface area (Å²) >= 11 is 0. The van der Waals surface area contributed by atoms with Gasteiger partial charge in [-0.2, -0.15) is 4.31 Å². The first-order valence-corrected chi connectivity index (χ1v) is 9.22. The van der Waals surface area contributed by atoms with Crippen LogP contribution in [0.25, 0.3) is 0 Å². The van der Waals surface area contributed by atoms with Crippen LogP contribution in [0.5, 0.6) is 0 Å². The number of hydrogen-bond donors (Lipinski definition) is 1. The normalized spacial score (nSPS) is 25.3. The van der Waals surface area contributed by atoms with Crippen LogP contribution in [0.4, 0.5) is 0 Å². The van der Waals surface area contributed by atoms with Gasteiger partial charge in [0.05, 0.1) is 4.90 Å². The molecular formula is C16H21NO4S. The zero-order chi connectivity index (χ0) is 15.7. The Labute approximate surface area is 131 Å². The van der Waals surface area contributed by atoms with Crippen molar-refractivity contribution >= 4 is 16.0 Å². The molecule has 5 nitrogen and oxygen atoms in total. The van der Waals surface area contributed by atoms with Crippen molar-refractivity contribution in [2.75, 3.05) is 13.1 Å². The van der Waals surface area contributed by atoms with Gasteiger partial charge in [-0.05, 0) is 48.8 Å². The predicted octanol–water partition coefficient (Wildman–Crippen LogP) is 2.12. The minimum Gasteiger partial charge on any atom is -0.481 e. The summed E-state index contributed by atoms with van der Waals surface area (Å²) in [7, 11) is -3.41. The summed E-state index contributed by atoms with van der Waals surface area (Å²) in [6.45, 7) is 1.29. The summed E-state index contributed by atoms with van der Waals surface area (Å²) in [6, 6.07) is 6.63. The lowest BCUT2D eigenvalue weighted by atomic mass is 10.0. The number of aliphatic carboxylic acids is 1. The van der Waals surface area contributed by atoms with Gasteiger partial charge in [-0.25, -0.2) is 8.42 Å². The van der Waals surface area contributed by atoms with E-state index < -0.39 is 16.0 Å². The van der Waals surface area contributed by atoms with Gasteiger partial charge in [-0.1, -0.05) is 18.6 Å².